The van der Waals surface area contributed by atoms with Gasteiger partial charge in [0, 0.05) is 12.1 Å². The summed E-state index contributed by atoms with van der Waals surface area (Å²) >= 11 is 0. The maximum absolute atomic E-state index is 11.6. The van der Waals surface area contributed by atoms with E-state index in [1.165, 1.54) is 12.1 Å². The van der Waals surface area contributed by atoms with Crippen molar-refractivity contribution in [2.75, 3.05) is 4.72 Å². The molecular weight excluding hydrogens is 262 g/mol. The van der Waals surface area contributed by atoms with Crippen molar-refractivity contribution < 1.29 is 18.4 Å². The zero-order chi connectivity index (χ0) is 13.3. The van der Waals surface area contributed by atoms with Crippen LogP contribution >= 0.6 is 0 Å². The van der Waals surface area contributed by atoms with E-state index >= 15 is 0 Å². The monoisotopic (exact) mass is 273 g/mol. The van der Waals surface area contributed by atoms with Crippen LogP contribution in [0.15, 0.2) is 18.2 Å². The third-order valence-corrected chi connectivity index (χ3v) is 3.47. The standard InChI is InChI=1S/C9H11N3O5S/c13-8-3-1-2-7(12(14)15)9(8)11-18(16,17)10-6-4-5-6/h1-3,6,10-11,13H,4-5H2. The predicted octanol–water partition coefficient (Wildman–Crippen LogP) is 0.709. The van der Waals surface area contributed by atoms with Gasteiger partial charge in [0.25, 0.3) is 15.9 Å². The first-order valence-corrected chi connectivity index (χ1v) is 6.64. The molecule has 0 aliphatic heterocycles. The fourth-order valence-electron chi connectivity index (χ4n) is 1.37. The van der Waals surface area contributed by atoms with Crippen LogP contribution in [0, 0.1) is 10.1 Å². The topological polar surface area (TPSA) is 122 Å². The minimum atomic E-state index is -3.91. The Hall–Kier alpha value is -1.87. The Balaban J connectivity index is 2.29. The average molecular weight is 273 g/mol. The summed E-state index contributed by atoms with van der Waals surface area (Å²) in [6.07, 6.45) is 1.48. The predicted molar refractivity (Wildman–Crippen MR) is 63.5 cm³/mol. The first-order chi connectivity index (χ1) is 8.39. The molecular formula is C9H11N3O5S. The van der Waals surface area contributed by atoms with Gasteiger partial charge in [-0.15, -0.1) is 0 Å². The number of nitrogens with zero attached hydrogens (tertiary/aromatic N) is 1. The van der Waals surface area contributed by atoms with E-state index in [1.807, 2.05) is 4.72 Å². The van der Waals surface area contributed by atoms with Gasteiger partial charge in [-0.1, -0.05) is 6.07 Å². The number of phenolic OH excluding ortho intramolecular Hbond substituents is 1. The number of hydrogen-bond acceptors (Lipinski definition) is 5. The lowest BCUT2D eigenvalue weighted by Crippen LogP contribution is -2.32. The number of rotatable bonds is 5. The molecule has 0 aromatic heterocycles. The summed E-state index contributed by atoms with van der Waals surface area (Å²) in [5.74, 6) is -0.495. The summed E-state index contributed by atoms with van der Waals surface area (Å²) in [6, 6.07) is 3.41. The molecule has 1 aromatic rings. The van der Waals surface area contributed by atoms with Crippen LogP contribution < -0.4 is 9.44 Å². The van der Waals surface area contributed by atoms with E-state index in [-0.39, 0.29) is 6.04 Å². The lowest BCUT2D eigenvalue weighted by Gasteiger charge is -2.10. The lowest BCUT2D eigenvalue weighted by atomic mass is 10.2. The molecule has 1 aliphatic rings. The molecule has 1 saturated carbocycles. The number of para-hydroxylation sites is 1. The Bertz CT molecular complexity index is 582. The van der Waals surface area contributed by atoms with E-state index in [0.717, 1.165) is 18.9 Å². The minimum absolute atomic E-state index is 0.132. The van der Waals surface area contributed by atoms with Gasteiger partial charge in [-0.2, -0.15) is 13.1 Å². The number of nitrogens with one attached hydrogen (secondary N) is 2. The maximum Gasteiger partial charge on any atom is 0.299 e. The summed E-state index contributed by atoms with van der Waals surface area (Å²) in [6.45, 7) is 0. The van der Waals surface area contributed by atoms with Crippen LogP contribution in [0.5, 0.6) is 5.75 Å². The van der Waals surface area contributed by atoms with Gasteiger partial charge in [-0.25, -0.2) is 0 Å². The van der Waals surface area contributed by atoms with Crippen LogP contribution in [0.4, 0.5) is 11.4 Å². The number of nitro groups is 1. The lowest BCUT2D eigenvalue weighted by molar-refractivity contribution is -0.383. The van der Waals surface area contributed by atoms with Crippen molar-refractivity contribution >= 4 is 21.6 Å². The summed E-state index contributed by atoms with van der Waals surface area (Å²) in [5.41, 5.74) is -0.938. The molecule has 18 heavy (non-hydrogen) atoms. The average Bonchev–Trinajstić information content (AvgIpc) is 3.03. The molecule has 0 amide bonds. The molecule has 0 saturated heterocycles. The zero-order valence-corrected chi connectivity index (χ0v) is 9.98. The highest BCUT2D eigenvalue weighted by atomic mass is 32.2. The summed E-state index contributed by atoms with van der Waals surface area (Å²) in [4.78, 5) is 9.96. The summed E-state index contributed by atoms with van der Waals surface area (Å²) in [7, 11) is -3.91. The summed E-state index contributed by atoms with van der Waals surface area (Å²) < 4.78 is 27.5. The SMILES string of the molecule is O=[N+]([O-])c1cccc(O)c1NS(=O)(=O)NC1CC1. The van der Waals surface area contributed by atoms with E-state index in [2.05, 4.69) is 4.72 Å². The Morgan fingerprint density at radius 2 is 2.06 bits per heavy atom. The van der Waals surface area contributed by atoms with Crippen LogP contribution in [0.3, 0.4) is 0 Å². The third kappa shape index (κ3) is 2.87. The van der Waals surface area contributed by atoms with Crippen molar-refractivity contribution in [3.63, 3.8) is 0 Å². The fraction of sp³-hybridized carbons (Fsp3) is 0.333. The molecule has 0 bridgehead atoms. The van der Waals surface area contributed by atoms with E-state index in [9.17, 15) is 23.6 Å². The Morgan fingerprint density at radius 1 is 1.39 bits per heavy atom. The molecule has 8 nitrogen and oxygen atoms in total. The van der Waals surface area contributed by atoms with Gasteiger partial charge in [0.05, 0.1) is 4.92 Å². The highest BCUT2D eigenvalue weighted by Gasteiger charge is 2.29. The van der Waals surface area contributed by atoms with Crippen molar-refractivity contribution in [2.24, 2.45) is 0 Å². The normalized spacial score (nSPS) is 15.3. The van der Waals surface area contributed by atoms with Crippen LogP contribution in [-0.4, -0.2) is 24.5 Å². The number of nitro benzene ring substituents is 1. The maximum atomic E-state index is 11.6. The van der Waals surface area contributed by atoms with E-state index in [4.69, 9.17) is 0 Å². The Kier molecular flexibility index (Phi) is 3.09. The molecule has 0 spiro atoms. The van der Waals surface area contributed by atoms with E-state index < -0.39 is 32.3 Å². The van der Waals surface area contributed by atoms with Crippen molar-refractivity contribution in [1.29, 1.82) is 0 Å². The van der Waals surface area contributed by atoms with Gasteiger partial charge < -0.3 is 5.11 Å². The van der Waals surface area contributed by atoms with Gasteiger partial charge in [0.2, 0.25) is 0 Å². The molecule has 0 heterocycles. The highest BCUT2D eigenvalue weighted by Crippen LogP contribution is 2.34. The second kappa shape index (κ2) is 4.42. The fourth-order valence-corrected chi connectivity index (χ4v) is 2.58. The molecule has 1 aromatic carbocycles. The highest BCUT2D eigenvalue weighted by molar-refractivity contribution is 7.90. The minimum Gasteiger partial charge on any atom is -0.505 e. The van der Waals surface area contributed by atoms with Gasteiger partial charge in [0.1, 0.15) is 5.75 Å². The smallest absolute Gasteiger partial charge is 0.299 e. The number of benzene rings is 1. The molecule has 98 valence electrons. The van der Waals surface area contributed by atoms with E-state index in [1.54, 1.807) is 0 Å². The second-order valence-corrected chi connectivity index (χ2v) is 5.37. The first-order valence-electron chi connectivity index (χ1n) is 5.15. The number of phenols is 1. The van der Waals surface area contributed by atoms with Crippen LogP contribution in [0.1, 0.15) is 12.8 Å². The van der Waals surface area contributed by atoms with Crippen LogP contribution in [0.25, 0.3) is 0 Å². The molecule has 2 rings (SSSR count). The van der Waals surface area contributed by atoms with Gasteiger partial charge >= 0.3 is 0 Å². The van der Waals surface area contributed by atoms with Gasteiger partial charge in [0.15, 0.2) is 5.69 Å². The largest absolute Gasteiger partial charge is 0.505 e. The third-order valence-electron chi connectivity index (χ3n) is 2.35. The quantitative estimate of drug-likeness (QED) is 0.414. The van der Waals surface area contributed by atoms with Crippen molar-refractivity contribution in [3.05, 3.63) is 28.3 Å². The van der Waals surface area contributed by atoms with Gasteiger partial charge in [-0.05, 0) is 18.9 Å². The molecule has 0 unspecified atom stereocenters. The molecule has 1 fully saturated rings. The van der Waals surface area contributed by atoms with E-state index in [0.29, 0.717) is 0 Å². The zero-order valence-electron chi connectivity index (χ0n) is 9.16. The van der Waals surface area contributed by atoms with Crippen LogP contribution in [-0.2, 0) is 10.2 Å². The van der Waals surface area contributed by atoms with Gasteiger partial charge in [-0.3, -0.25) is 14.8 Å². The molecule has 9 heteroatoms. The van der Waals surface area contributed by atoms with Crippen molar-refractivity contribution in [1.82, 2.24) is 4.72 Å². The Morgan fingerprint density at radius 3 is 2.61 bits per heavy atom. The number of hydrogen-bond donors (Lipinski definition) is 3. The summed E-state index contributed by atoms with van der Waals surface area (Å²) in [5, 5.41) is 20.2. The van der Waals surface area contributed by atoms with Crippen molar-refractivity contribution in [3.8, 4) is 5.75 Å². The molecule has 0 atom stereocenters. The first kappa shape index (κ1) is 12.6. The number of anilines is 1. The van der Waals surface area contributed by atoms with Crippen molar-refractivity contribution in [2.45, 2.75) is 18.9 Å². The molecule has 0 radical (unpaired) electrons. The Labute approximate surface area is 103 Å². The molecule has 1 aliphatic carbocycles. The second-order valence-electron chi connectivity index (χ2n) is 3.93. The van der Waals surface area contributed by atoms with Crippen LogP contribution in [0.2, 0.25) is 0 Å². The number of aromatic hydroxyl groups is 1. The molecule has 3 N–H and O–H groups in total.